The first-order valence-electron chi connectivity index (χ1n) is 4.60. The minimum atomic E-state index is 0.733. The van der Waals surface area contributed by atoms with E-state index in [-0.39, 0.29) is 0 Å². The first-order valence-corrected chi connectivity index (χ1v) is 5.75. The highest BCUT2D eigenvalue weighted by Crippen LogP contribution is 2.51. The fourth-order valence-electron chi connectivity index (χ4n) is 2.88. The third-order valence-corrected chi connectivity index (χ3v) is 4.36. The summed E-state index contributed by atoms with van der Waals surface area (Å²) in [5, 5.41) is 0.733. The zero-order chi connectivity index (χ0) is 7.84. The fourth-order valence-corrected chi connectivity index (χ4v) is 3.73. The van der Waals surface area contributed by atoms with Crippen LogP contribution in [0.25, 0.3) is 0 Å². The highest BCUT2D eigenvalue weighted by atomic mass is 32.1. The summed E-state index contributed by atoms with van der Waals surface area (Å²) in [5.41, 5.74) is 0. The first-order chi connectivity index (χ1) is 5.31. The molecule has 2 rings (SSSR count). The molecule has 2 heteroatoms. The Hall–Kier alpha value is 0.700. The average molecular weight is 188 g/mol. The minimum Gasteiger partial charge on any atom is -0.179 e. The molecule has 0 aromatic heterocycles. The molecule has 2 fully saturated rings. The molecule has 0 aromatic carbocycles. The standard InChI is InChI=1S/C9H16S2/c10-2-1-6-3-8-4-7(6)5-9(8)11/h6-11H,1-5H2. The van der Waals surface area contributed by atoms with Crippen LogP contribution in [-0.4, -0.2) is 11.0 Å². The van der Waals surface area contributed by atoms with E-state index in [0.29, 0.717) is 0 Å². The van der Waals surface area contributed by atoms with Gasteiger partial charge in [0.15, 0.2) is 0 Å². The molecular weight excluding hydrogens is 172 g/mol. The van der Waals surface area contributed by atoms with Crippen molar-refractivity contribution in [3.05, 3.63) is 0 Å². The van der Waals surface area contributed by atoms with Crippen LogP contribution in [0.1, 0.15) is 25.7 Å². The van der Waals surface area contributed by atoms with Gasteiger partial charge in [0.05, 0.1) is 0 Å². The van der Waals surface area contributed by atoms with Crippen LogP contribution in [0.5, 0.6) is 0 Å². The summed E-state index contributed by atoms with van der Waals surface area (Å²) in [7, 11) is 0. The summed E-state index contributed by atoms with van der Waals surface area (Å²) in [5.74, 6) is 4.04. The summed E-state index contributed by atoms with van der Waals surface area (Å²) >= 11 is 8.88. The Morgan fingerprint density at radius 1 is 1.09 bits per heavy atom. The molecule has 2 saturated carbocycles. The molecule has 2 aliphatic carbocycles. The summed E-state index contributed by atoms with van der Waals surface area (Å²) in [6.45, 7) is 0. The Bertz CT molecular complexity index is 144. The molecule has 11 heavy (non-hydrogen) atoms. The van der Waals surface area contributed by atoms with E-state index in [2.05, 4.69) is 25.3 Å². The maximum atomic E-state index is 4.59. The van der Waals surface area contributed by atoms with Crippen LogP contribution in [0.3, 0.4) is 0 Å². The van der Waals surface area contributed by atoms with Crippen LogP contribution < -0.4 is 0 Å². The van der Waals surface area contributed by atoms with Crippen LogP contribution in [0.15, 0.2) is 0 Å². The molecule has 0 nitrogen and oxygen atoms in total. The Labute approximate surface area is 80.0 Å². The van der Waals surface area contributed by atoms with Gasteiger partial charge in [0.1, 0.15) is 0 Å². The van der Waals surface area contributed by atoms with Crippen molar-refractivity contribution in [2.75, 3.05) is 5.75 Å². The maximum absolute atomic E-state index is 4.59. The second kappa shape index (κ2) is 3.21. The van der Waals surface area contributed by atoms with Gasteiger partial charge in [-0.3, -0.25) is 0 Å². The average Bonchev–Trinajstić information content (AvgIpc) is 2.47. The van der Waals surface area contributed by atoms with E-state index in [0.717, 1.165) is 28.8 Å². The zero-order valence-corrected chi connectivity index (χ0v) is 8.53. The van der Waals surface area contributed by atoms with Gasteiger partial charge in [-0.15, -0.1) is 0 Å². The number of thiol groups is 2. The first kappa shape index (κ1) is 8.31. The van der Waals surface area contributed by atoms with Crippen molar-refractivity contribution in [3.63, 3.8) is 0 Å². The van der Waals surface area contributed by atoms with Gasteiger partial charge in [-0.2, -0.15) is 25.3 Å². The molecule has 0 radical (unpaired) electrons. The largest absolute Gasteiger partial charge is 0.179 e. The molecule has 64 valence electrons. The van der Waals surface area contributed by atoms with Crippen LogP contribution >= 0.6 is 25.3 Å². The lowest BCUT2D eigenvalue weighted by molar-refractivity contribution is 0.333. The summed E-state index contributed by atoms with van der Waals surface area (Å²) in [6.07, 6.45) is 5.63. The van der Waals surface area contributed by atoms with Gasteiger partial charge >= 0.3 is 0 Å². The zero-order valence-electron chi connectivity index (χ0n) is 6.74. The predicted molar refractivity (Wildman–Crippen MR) is 55.6 cm³/mol. The van der Waals surface area contributed by atoms with Crippen molar-refractivity contribution in [1.29, 1.82) is 0 Å². The van der Waals surface area contributed by atoms with Crippen molar-refractivity contribution in [2.45, 2.75) is 30.9 Å². The molecule has 0 aliphatic heterocycles. The second-order valence-electron chi connectivity index (χ2n) is 4.07. The Balaban J connectivity index is 1.92. The molecule has 2 bridgehead atoms. The van der Waals surface area contributed by atoms with Gasteiger partial charge in [0.2, 0.25) is 0 Å². The van der Waals surface area contributed by atoms with E-state index < -0.39 is 0 Å². The quantitative estimate of drug-likeness (QED) is 0.612. The second-order valence-corrected chi connectivity index (χ2v) is 5.18. The van der Waals surface area contributed by atoms with Crippen molar-refractivity contribution in [3.8, 4) is 0 Å². The Kier molecular flexibility index (Phi) is 2.43. The van der Waals surface area contributed by atoms with E-state index in [9.17, 15) is 0 Å². The van der Waals surface area contributed by atoms with Gasteiger partial charge in [0, 0.05) is 5.25 Å². The van der Waals surface area contributed by atoms with Gasteiger partial charge in [-0.05, 0) is 49.2 Å². The smallest absolute Gasteiger partial charge is 0.00480 e. The monoisotopic (exact) mass is 188 g/mol. The van der Waals surface area contributed by atoms with Crippen molar-refractivity contribution < 1.29 is 0 Å². The highest BCUT2D eigenvalue weighted by molar-refractivity contribution is 7.81. The number of rotatable bonds is 2. The molecule has 0 saturated heterocycles. The van der Waals surface area contributed by atoms with Crippen molar-refractivity contribution in [1.82, 2.24) is 0 Å². The molecule has 0 aromatic rings. The fraction of sp³-hybridized carbons (Fsp3) is 1.00. The normalized spacial score (nSPS) is 48.5. The topological polar surface area (TPSA) is 0 Å². The third-order valence-electron chi connectivity index (χ3n) is 3.47. The molecule has 2 aliphatic rings. The number of hydrogen-bond donors (Lipinski definition) is 2. The molecule has 4 atom stereocenters. The SMILES string of the molecule is SCCC1CC2CC1CC2S. The van der Waals surface area contributed by atoms with Crippen LogP contribution in [0.2, 0.25) is 0 Å². The predicted octanol–water partition coefficient (Wildman–Crippen LogP) is 2.65. The molecule has 0 amide bonds. The van der Waals surface area contributed by atoms with E-state index in [1.807, 2.05) is 0 Å². The van der Waals surface area contributed by atoms with Crippen molar-refractivity contribution in [2.24, 2.45) is 17.8 Å². The lowest BCUT2D eigenvalue weighted by Gasteiger charge is -2.24. The molecule has 4 unspecified atom stereocenters. The van der Waals surface area contributed by atoms with E-state index >= 15 is 0 Å². The number of fused-ring (bicyclic) bond motifs is 2. The summed E-state index contributed by atoms with van der Waals surface area (Å²) < 4.78 is 0. The number of hydrogen-bond acceptors (Lipinski definition) is 2. The summed E-state index contributed by atoms with van der Waals surface area (Å²) in [6, 6.07) is 0. The lowest BCUT2D eigenvalue weighted by atomic mass is 9.87. The van der Waals surface area contributed by atoms with Crippen LogP contribution in [0, 0.1) is 17.8 Å². The van der Waals surface area contributed by atoms with Crippen LogP contribution in [0.4, 0.5) is 0 Å². The lowest BCUT2D eigenvalue weighted by Crippen LogP contribution is -2.18. The van der Waals surface area contributed by atoms with E-state index in [1.165, 1.54) is 25.7 Å². The van der Waals surface area contributed by atoms with Gasteiger partial charge in [0.25, 0.3) is 0 Å². The minimum absolute atomic E-state index is 0.733. The molecule has 0 heterocycles. The Morgan fingerprint density at radius 2 is 1.91 bits per heavy atom. The molecule has 0 N–H and O–H groups in total. The maximum Gasteiger partial charge on any atom is 0.00480 e. The van der Waals surface area contributed by atoms with Gasteiger partial charge in [-0.1, -0.05) is 0 Å². The Morgan fingerprint density at radius 3 is 2.36 bits per heavy atom. The van der Waals surface area contributed by atoms with Crippen LogP contribution in [-0.2, 0) is 0 Å². The van der Waals surface area contributed by atoms with E-state index in [1.54, 1.807) is 0 Å². The molecule has 0 spiro atoms. The highest BCUT2D eigenvalue weighted by Gasteiger charge is 2.43. The van der Waals surface area contributed by atoms with Gasteiger partial charge in [-0.25, -0.2) is 0 Å². The molecular formula is C9H16S2. The van der Waals surface area contributed by atoms with E-state index in [4.69, 9.17) is 0 Å². The third kappa shape index (κ3) is 1.44. The summed E-state index contributed by atoms with van der Waals surface area (Å²) in [4.78, 5) is 0. The van der Waals surface area contributed by atoms with Crippen molar-refractivity contribution >= 4 is 25.3 Å². The van der Waals surface area contributed by atoms with Gasteiger partial charge < -0.3 is 0 Å².